The molecular formula is C29H34FN5O3Si. The maximum absolute atomic E-state index is 15.2. The third-order valence-electron chi connectivity index (χ3n) is 7.58. The molecule has 1 saturated carbocycles. The molecule has 0 spiro atoms. The van der Waals surface area contributed by atoms with Gasteiger partial charge in [-0.05, 0) is 43.0 Å². The lowest BCUT2D eigenvalue weighted by Gasteiger charge is -2.16. The van der Waals surface area contributed by atoms with Crippen LogP contribution >= 0.6 is 0 Å². The molecule has 1 aliphatic rings. The summed E-state index contributed by atoms with van der Waals surface area (Å²) in [5, 5.41) is 6.80. The van der Waals surface area contributed by atoms with E-state index in [2.05, 4.69) is 47.5 Å². The summed E-state index contributed by atoms with van der Waals surface area (Å²) >= 11 is 0. The van der Waals surface area contributed by atoms with Gasteiger partial charge in [-0.25, -0.2) is 18.9 Å². The zero-order valence-electron chi connectivity index (χ0n) is 23.1. The first-order valence-corrected chi connectivity index (χ1v) is 17.2. The maximum atomic E-state index is 15.2. The zero-order valence-corrected chi connectivity index (χ0v) is 24.1. The summed E-state index contributed by atoms with van der Waals surface area (Å²) in [5.74, 6) is 0.146. The molecule has 1 fully saturated rings. The molecule has 0 unspecified atom stereocenters. The van der Waals surface area contributed by atoms with E-state index in [0.29, 0.717) is 29.5 Å². The zero-order chi connectivity index (χ0) is 27.5. The van der Waals surface area contributed by atoms with E-state index in [-0.39, 0.29) is 5.56 Å². The summed E-state index contributed by atoms with van der Waals surface area (Å²) in [5.41, 5.74) is 3.95. The summed E-state index contributed by atoms with van der Waals surface area (Å²) in [6.07, 6.45) is 4.27. The number of carbonyl (C=O) groups is 1. The van der Waals surface area contributed by atoms with E-state index in [1.807, 2.05) is 17.9 Å². The van der Waals surface area contributed by atoms with Crippen LogP contribution in [-0.4, -0.2) is 51.7 Å². The van der Waals surface area contributed by atoms with E-state index in [1.54, 1.807) is 10.6 Å². The second-order valence-corrected chi connectivity index (χ2v) is 17.5. The predicted molar refractivity (Wildman–Crippen MR) is 153 cm³/mol. The van der Waals surface area contributed by atoms with Crippen molar-refractivity contribution in [1.82, 2.24) is 23.9 Å². The van der Waals surface area contributed by atoms with Crippen LogP contribution in [0.2, 0.25) is 25.7 Å². The van der Waals surface area contributed by atoms with Crippen LogP contribution in [0.1, 0.15) is 23.2 Å². The van der Waals surface area contributed by atoms with Gasteiger partial charge in [0, 0.05) is 39.0 Å². The van der Waals surface area contributed by atoms with Gasteiger partial charge in [0.1, 0.15) is 18.1 Å². The summed E-state index contributed by atoms with van der Waals surface area (Å²) in [7, 11) is 1.91. The Labute approximate surface area is 227 Å². The minimum Gasteiger partial charge on any atom is -0.465 e. The molecule has 3 aromatic heterocycles. The Morgan fingerprint density at radius 1 is 1.10 bits per heavy atom. The van der Waals surface area contributed by atoms with Gasteiger partial charge >= 0.3 is 5.97 Å². The lowest BCUT2D eigenvalue weighted by molar-refractivity contribution is 0.0600. The van der Waals surface area contributed by atoms with Crippen molar-refractivity contribution in [3.05, 3.63) is 47.9 Å². The van der Waals surface area contributed by atoms with Crippen LogP contribution in [0.3, 0.4) is 0 Å². The van der Waals surface area contributed by atoms with Gasteiger partial charge in [-0.2, -0.15) is 5.10 Å². The van der Waals surface area contributed by atoms with Crippen molar-refractivity contribution < 1.29 is 18.7 Å². The van der Waals surface area contributed by atoms with Gasteiger partial charge in [0.2, 0.25) is 0 Å². The maximum Gasteiger partial charge on any atom is 0.338 e. The molecule has 204 valence electrons. The fourth-order valence-corrected chi connectivity index (χ4v) is 6.00. The molecule has 5 aromatic rings. The number of esters is 1. The van der Waals surface area contributed by atoms with Crippen molar-refractivity contribution in [2.24, 2.45) is 13.0 Å². The van der Waals surface area contributed by atoms with Crippen LogP contribution < -0.4 is 0 Å². The van der Waals surface area contributed by atoms with Crippen LogP contribution in [-0.2, 0) is 29.8 Å². The fourth-order valence-electron chi connectivity index (χ4n) is 5.24. The second-order valence-electron chi connectivity index (χ2n) is 11.8. The number of aromatic nitrogens is 5. The molecule has 0 N–H and O–H groups in total. The number of imidazole rings is 1. The molecule has 2 aromatic carbocycles. The average molecular weight is 548 g/mol. The Morgan fingerprint density at radius 2 is 1.87 bits per heavy atom. The van der Waals surface area contributed by atoms with Crippen molar-refractivity contribution >= 4 is 46.9 Å². The Morgan fingerprint density at radius 3 is 2.59 bits per heavy atom. The van der Waals surface area contributed by atoms with E-state index < -0.39 is 19.9 Å². The monoisotopic (exact) mass is 547 g/mol. The Balaban J connectivity index is 1.49. The van der Waals surface area contributed by atoms with Crippen LogP contribution in [0.15, 0.2) is 36.5 Å². The van der Waals surface area contributed by atoms with Crippen LogP contribution in [0.25, 0.3) is 44.4 Å². The van der Waals surface area contributed by atoms with Crippen LogP contribution in [0.5, 0.6) is 0 Å². The number of halogens is 1. The number of hydrogen-bond acceptors (Lipinski definition) is 5. The molecule has 1 aliphatic carbocycles. The first-order chi connectivity index (χ1) is 18.6. The van der Waals surface area contributed by atoms with E-state index in [0.717, 1.165) is 46.7 Å². The van der Waals surface area contributed by atoms with E-state index in [4.69, 9.17) is 14.5 Å². The molecule has 39 heavy (non-hydrogen) atoms. The highest BCUT2D eigenvalue weighted by Gasteiger charge is 2.27. The van der Waals surface area contributed by atoms with Crippen molar-refractivity contribution in [3.63, 3.8) is 0 Å². The summed E-state index contributed by atoms with van der Waals surface area (Å²) in [6.45, 7) is 9.00. The third kappa shape index (κ3) is 4.76. The highest BCUT2D eigenvalue weighted by molar-refractivity contribution is 6.76. The summed E-state index contributed by atoms with van der Waals surface area (Å²) < 4.78 is 32.1. The Hall–Kier alpha value is -3.50. The average Bonchev–Trinajstić information content (AvgIpc) is 3.36. The predicted octanol–water partition coefficient (Wildman–Crippen LogP) is 6.19. The molecular weight excluding hydrogens is 513 g/mol. The highest BCUT2D eigenvalue weighted by Crippen LogP contribution is 2.39. The van der Waals surface area contributed by atoms with Gasteiger partial charge in [-0.1, -0.05) is 31.8 Å². The number of carbonyl (C=O) groups excluding carboxylic acids is 1. The molecule has 0 bridgehead atoms. The van der Waals surface area contributed by atoms with E-state index >= 15 is 4.39 Å². The van der Waals surface area contributed by atoms with Crippen molar-refractivity contribution in [2.45, 2.75) is 51.8 Å². The molecule has 0 aliphatic heterocycles. The van der Waals surface area contributed by atoms with Gasteiger partial charge in [0.15, 0.2) is 5.82 Å². The first-order valence-electron chi connectivity index (χ1n) is 13.4. The lowest BCUT2D eigenvalue weighted by Crippen LogP contribution is -2.22. The number of fused-ring (bicyclic) bond motifs is 4. The molecule has 0 saturated heterocycles. The Bertz CT molecular complexity index is 1720. The van der Waals surface area contributed by atoms with Gasteiger partial charge in [0.25, 0.3) is 0 Å². The number of rotatable bonds is 9. The fraction of sp³-hybridized carbons (Fsp3) is 0.414. The van der Waals surface area contributed by atoms with Gasteiger partial charge < -0.3 is 18.6 Å². The molecule has 3 heterocycles. The standard InChI is InChI=1S/C29H34FN5O3Si/c1-33-27-22(30)12-21(29(36)37-2)13-23(27)32-28(33)24-14-19-8-9-20-15-31-35(17-38-10-11-39(3,4)5)26(20)25(19)34(24)16-18-6-7-18/h8-9,12-15,18H,6-7,10-11,16-17H2,1-5H3. The van der Waals surface area contributed by atoms with Crippen molar-refractivity contribution in [1.29, 1.82) is 0 Å². The topological polar surface area (TPSA) is 76.1 Å². The molecule has 6 rings (SSSR count). The summed E-state index contributed by atoms with van der Waals surface area (Å²) in [4.78, 5) is 16.9. The first kappa shape index (κ1) is 25.8. The van der Waals surface area contributed by atoms with Crippen molar-refractivity contribution in [3.8, 4) is 11.5 Å². The van der Waals surface area contributed by atoms with E-state index in [9.17, 15) is 4.79 Å². The SMILES string of the molecule is COC(=O)c1cc(F)c2c(c1)nc(-c1cc3ccc4cnn(COCC[Si](C)(C)C)c4c3n1CC1CC1)n2C. The lowest BCUT2D eigenvalue weighted by atomic mass is 10.2. The normalized spacial score (nSPS) is 14.2. The van der Waals surface area contributed by atoms with Gasteiger partial charge in [0.05, 0.1) is 41.1 Å². The molecule has 8 nitrogen and oxygen atoms in total. The number of nitrogens with zero attached hydrogens (tertiary/aromatic N) is 5. The Kier molecular flexibility index (Phi) is 6.34. The van der Waals surface area contributed by atoms with Gasteiger partial charge in [-0.3, -0.25) is 0 Å². The number of ether oxygens (including phenoxy) is 2. The second kappa shape index (κ2) is 9.60. The minimum atomic E-state index is -1.19. The van der Waals surface area contributed by atoms with E-state index in [1.165, 1.54) is 26.0 Å². The molecule has 10 heteroatoms. The molecule has 0 radical (unpaired) electrons. The minimum absolute atomic E-state index is 0.144. The number of hydrogen-bond donors (Lipinski definition) is 0. The largest absolute Gasteiger partial charge is 0.465 e. The summed E-state index contributed by atoms with van der Waals surface area (Å²) in [6, 6.07) is 10.2. The quantitative estimate of drug-likeness (QED) is 0.125. The number of methoxy groups -OCH3 is 1. The third-order valence-corrected chi connectivity index (χ3v) is 9.29. The number of aryl methyl sites for hydroxylation is 1. The molecule has 0 amide bonds. The van der Waals surface area contributed by atoms with Gasteiger partial charge in [-0.15, -0.1) is 0 Å². The number of benzene rings is 2. The smallest absolute Gasteiger partial charge is 0.338 e. The van der Waals surface area contributed by atoms with Crippen LogP contribution in [0, 0.1) is 11.7 Å². The molecule has 0 atom stereocenters. The van der Waals surface area contributed by atoms with Crippen LogP contribution in [0.4, 0.5) is 4.39 Å². The van der Waals surface area contributed by atoms with Crippen molar-refractivity contribution in [2.75, 3.05) is 13.7 Å². The highest BCUT2D eigenvalue weighted by atomic mass is 28.3.